The average Bonchev–Trinajstić information content (AvgIpc) is 2.98. The Bertz CT molecular complexity index is 649. The molecule has 3 rings (SSSR count). The lowest BCUT2D eigenvalue weighted by molar-refractivity contribution is 0.634. The van der Waals surface area contributed by atoms with Gasteiger partial charge in [-0.15, -0.1) is 9.89 Å². The second kappa shape index (κ2) is 4.85. The number of hydrogen-bond donors (Lipinski definition) is 0. The first-order chi connectivity index (χ1) is 9.36. The van der Waals surface area contributed by atoms with Crippen LogP contribution in [0, 0.1) is 0 Å². The molecule has 94 valence electrons. The normalized spacial score (nSPS) is 10.4. The van der Waals surface area contributed by atoms with Crippen molar-refractivity contribution in [2.75, 3.05) is 12.1 Å². The molecule has 0 saturated heterocycles. The highest BCUT2D eigenvalue weighted by Gasteiger charge is 2.13. The summed E-state index contributed by atoms with van der Waals surface area (Å²) in [5.74, 6) is 1.45. The SMILES string of the molecule is CN(c1ccccn1)n1nnnc1-c1ccccc1. The third-order valence-electron chi connectivity index (χ3n) is 2.75. The second-order valence-electron chi connectivity index (χ2n) is 3.97. The van der Waals surface area contributed by atoms with E-state index < -0.39 is 0 Å². The van der Waals surface area contributed by atoms with Gasteiger partial charge in [-0.1, -0.05) is 36.4 Å². The molecule has 0 aliphatic rings. The van der Waals surface area contributed by atoms with Gasteiger partial charge in [-0.3, -0.25) is 0 Å². The molecule has 0 atom stereocenters. The third-order valence-corrected chi connectivity index (χ3v) is 2.75. The maximum atomic E-state index is 4.28. The van der Waals surface area contributed by atoms with E-state index >= 15 is 0 Å². The van der Waals surface area contributed by atoms with Gasteiger partial charge in [0, 0.05) is 18.8 Å². The summed E-state index contributed by atoms with van der Waals surface area (Å²) in [6, 6.07) is 15.5. The van der Waals surface area contributed by atoms with Crippen LogP contribution in [0.15, 0.2) is 54.7 Å². The monoisotopic (exact) mass is 252 g/mol. The molecule has 0 aliphatic heterocycles. The second-order valence-corrected chi connectivity index (χ2v) is 3.97. The Balaban J connectivity index is 2.01. The topological polar surface area (TPSA) is 59.7 Å². The van der Waals surface area contributed by atoms with Crippen LogP contribution < -0.4 is 5.01 Å². The van der Waals surface area contributed by atoms with Crippen LogP contribution in [0.2, 0.25) is 0 Å². The van der Waals surface area contributed by atoms with Gasteiger partial charge in [-0.2, -0.15) is 0 Å². The van der Waals surface area contributed by atoms with Crippen LogP contribution in [0.5, 0.6) is 0 Å². The summed E-state index contributed by atoms with van der Waals surface area (Å²) in [5, 5.41) is 13.6. The molecule has 0 spiro atoms. The molecule has 2 heterocycles. The van der Waals surface area contributed by atoms with Gasteiger partial charge in [0.15, 0.2) is 0 Å². The van der Waals surface area contributed by atoms with E-state index in [-0.39, 0.29) is 0 Å². The van der Waals surface area contributed by atoms with Crippen LogP contribution in [0.4, 0.5) is 5.82 Å². The minimum absolute atomic E-state index is 0.675. The highest BCUT2D eigenvalue weighted by molar-refractivity contribution is 5.55. The van der Waals surface area contributed by atoms with E-state index in [4.69, 9.17) is 0 Å². The Morgan fingerprint density at radius 1 is 1.00 bits per heavy atom. The smallest absolute Gasteiger partial charge is 0.205 e. The van der Waals surface area contributed by atoms with Crippen molar-refractivity contribution in [3.8, 4) is 11.4 Å². The van der Waals surface area contributed by atoms with Gasteiger partial charge >= 0.3 is 0 Å². The Morgan fingerprint density at radius 3 is 2.53 bits per heavy atom. The van der Waals surface area contributed by atoms with Crippen LogP contribution in [0.3, 0.4) is 0 Å². The molecular formula is C13H12N6. The summed E-state index contributed by atoms with van der Waals surface area (Å²) in [6.45, 7) is 0. The van der Waals surface area contributed by atoms with Crippen LogP contribution in [0.25, 0.3) is 11.4 Å². The number of pyridine rings is 1. The van der Waals surface area contributed by atoms with E-state index in [2.05, 4.69) is 20.5 Å². The fraction of sp³-hybridized carbons (Fsp3) is 0.0769. The molecule has 0 radical (unpaired) electrons. The summed E-state index contributed by atoms with van der Waals surface area (Å²) >= 11 is 0. The Hall–Kier alpha value is -2.76. The summed E-state index contributed by atoms with van der Waals surface area (Å²) in [6.07, 6.45) is 1.73. The van der Waals surface area contributed by atoms with Gasteiger partial charge in [-0.25, -0.2) is 9.99 Å². The maximum absolute atomic E-state index is 4.28. The van der Waals surface area contributed by atoms with Crippen molar-refractivity contribution in [1.29, 1.82) is 0 Å². The van der Waals surface area contributed by atoms with E-state index in [1.165, 1.54) is 0 Å². The van der Waals surface area contributed by atoms with Crippen molar-refractivity contribution in [1.82, 2.24) is 25.3 Å². The largest absolute Gasteiger partial charge is 0.247 e. The van der Waals surface area contributed by atoms with E-state index in [0.717, 1.165) is 11.4 Å². The first kappa shape index (κ1) is 11.3. The molecule has 0 amide bonds. The number of tetrazole rings is 1. The van der Waals surface area contributed by atoms with Gasteiger partial charge in [0.1, 0.15) is 5.82 Å². The average molecular weight is 252 g/mol. The summed E-state index contributed by atoms with van der Waals surface area (Å²) < 4.78 is 0. The standard InChI is InChI=1S/C13H12N6/c1-18(12-9-5-6-10-14-12)19-13(15-16-17-19)11-7-3-2-4-8-11/h2-10H,1H3. The third kappa shape index (κ3) is 2.15. The number of rotatable bonds is 3. The van der Waals surface area contributed by atoms with Gasteiger partial charge in [0.05, 0.1) is 0 Å². The fourth-order valence-electron chi connectivity index (χ4n) is 1.79. The van der Waals surface area contributed by atoms with Gasteiger partial charge in [-0.05, 0) is 22.6 Å². The summed E-state index contributed by atoms with van der Waals surface area (Å²) in [5.41, 5.74) is 0.954. The van der Waals surface area contributed by atoms with Gasteiger partial charge in [0.25, 0.3) is 0 Å². The number of nitrogens with zero attached hydrogens (tertiary/aromatic N) is 6. The van der Waals surface area contributed by atoms with E-state index in [0.29, 0.717) is 5.82 Å². The minimum Gasteiger partial charge on any atom is -0.247 e. The summed E-state index contributed by atoms with van der Waals surface area (Å²) in [7, 11) is 1.87. The molecule has 0 fully saturated rings. The molecule has 3 aromatic rings. The zero-order valence-corrected chi connectivity index (χ0v) is 10.4. The van der Waals surface area contributed by atoms with E-state index in [9.17, 15) is 0 Å². The Labute approximate surface area is 110 Å². The first-order valence-electron chi connectivity index (χ1n) is 5.85. The van der Waals surface area contributed by atoms with Crippen molar-refractivity contribution in [2.45, 2.75) is 0 Å². The molecule has 0 bridgehead atoms. The van der Waals surface area contributed by atoms with Crippen LogP contribution in [0.1, 0.15) is 0 Å². The van der Waals surface area contributed by atoms with Crippen LogP contribution >= 0.6 is 0 Å². The zero-order chi connectivity index (χ0) is 13.1. The molecule has 0 saturated carbocycles. The van der Waals surface area contributed by atoms with E-state index in [1.807, 2.05) is 55.6 Å². The quantitative estimate of drug-likeness (QED) is 0.709. The molecule has 19 heavy (non-hydrogen) atoms. The maximum Gasteiger partial charge on any atom is 0.205 e. The van der Waals surface area contributed by atoms with E-state index in [1.54, 1.807) is 16.0 Å². The molecule has 1 aromatic carbocycles. The Kier molecular flexibility index (Phi) is 2.89. The number of benzene rings is 1. The van der Waals surface area contributed by atoms with Crippen molar-refractivity contribution >= 4 is 5.82 Å². The van der Waals surface area contributed by atoms with Crippen molar-refractivity contribution in [3.63, 3.8) is 0 Å². The van der Waals surface area contributed by atoms with Crippen molar-refractivity contribution in [2.24, 2.45) is 0 Å². The van der Waals surface area contributed by atoms with Crippen molar-refractivity contribution < 1.29 is 0 Å². The lowest BCUT2D eigenvalue weighted by atomic mass is 10.2. The fourth-order valence-corrected chi connectivity index (χ4v) is 1.79. The highest BCUT2D eigenvalue weighted by atomic mass is 15.7. The van der Waals surface area contributed by atoms with Gasteiger partial charge < -0.3 is 0 Å². The lowest BCUT2D eigenvalue weighted by Crippen LogP contribution is -2.27. The predicted molar refractivity (Wildman–Crippen MR) is 71.3 cm³/mol. The number of anilines is 1. The zero-order valence-electron chi connectivity index (χ0n) is 10.4. The number of aromatic nitrogens is 5. The molecule has 0 unspecified atom stereocenters. The molecule has 6 heteroatoms. The minimum atomic E-state index is 0.675. The predicted octanol–water partition coefficient (Wildman–Crippen LogP) is 1.63. The molecule has 0 aliphatic carbocycles. The summed E-state index contributed by atoms with van der Waals surface area (Å²) in [4.78, 5) is 5.90. The lowest BCUT2D eigenvalue weighted by Gasteiger charge is -2.18. The molecule has 0 N–H and O–H groups in total. The van der Waals surface area contributed by atoms with Crippen molar-refractivity contribution in [3.05, 3.63) is 54.7 Å². The molecular weight excluding hydrogens is 240 g/mol. The van der Waals surface area contributed by atoms with Crippen LogP contribution in [-0.4, -0.2) is 32.3 Å². The van der Waals surface area contributed by atoms with Crippen LogP contribution in [-0.2, 0) is 0 Å². The Morgan fingerprint density at radius 2 is 1.79 bits per heavy atom. The van der Waals surface area contributed by atoms with Gasteiger partial charge in [0.2, 0.25) is 5.82 Å². The molecule has 2 aromatic heterocycles. The first-order valence-corrected chi connectivity index (χ1v) is 5.85. The number of hydrogen-bond acceptors (Lipinski definition) is 5. The highest BCUT2D eigenvalue weighted by Crippen LogP contribution is 2.17. The molecule has 6 nitrogen and oxygen atoms in total.